The first-order valence-electron chi connectivity index (χ1n) is 7.34. The van der Waals surface area contributed by atoms with Crippen molar-refractivity contribution in [1.29, 1.82) is 0 Å². The Balaban J connectivity index is 2.25. The first-order chi connectivity index (χ1) is 10.1. The maximum Gasteiger partial charge on any atom is 0.0406 e. The van der Waals surface area contributed by atoms with E-state index in [1.54, 1.807) is 0 Å². The summed E-state index contributed by atoms with van der Waals surface area (Å²) in [5.41, 5.74) is 3.97. The third-order valence-electron chi connectivity index (χ3n) is 3.61. The van der Waals surface area contributed by atoms with E-state index in [4.69, 9.17) is 11.6 Å². The first-order valence-corrected chi connectivity index (χ1v) is 8.51. The zero-order valence-electron chi connectivity index (χ0n) is 12.5. The van der Waals surface area contributed by atoms with Crippen LogP contribution in [0.2, 0.25) is 5.02 Å². The molecule has 112 valence electrons. The lowest BCUT2D eigenvalue weighted by Gasteiger charge is -2.21. The van der Waals surface area contributed by atoms with E-state index in [0.29, 0.717) is 6.04 Å². The summed E-state index contributed by atoms with van der Waals surface area (Å²) in [6.45, 7) is 5.38. The van der Waals surface area contributed by atoms with Crippen LogP contribution in [0, 0.1) is 6.92 Å². The second kappa shape index (κ2) is 7.98. The smallest absolute Gasteiger partial charge is 0.0406 e. The SMILES string of the molecule is CCCNC(Cc1ccc(Cl)cc1)c1cc(Br)ccc1C. The molecule has 0 amide bonds. The second-order valence-corrected chi connectivity index (χ2v) is 6.69. The van der Waals surface area contributed by atoms with Gasteiger partial charge in [0.2, 0.25) is 0 Å². The highest BCUT2D eigenvalue weighted by Crippen LogP contribution is 2.25. The summed E-state index contributed by atoms with van der Waals surface area (Å²) >= 11 is 9.56. The molecule has 2 rings (SSSR count). The summed E-state index contributed by atoms with van der Waals surface area (Å²) in [6, 6.07) is 14.9. The number of hydrogen-bond donors (Lipinski definition) is 1. The fourth-order valence-corrected chi connectivity index (χ4v) is 2.96. The van der Waals surface area contributed by atoms with Crippen LogP contribution in [0.3, 0.4) is 0 Å². The van der Waals surface area contributed by atoms with E-state index in [-0.39, 0.29) is 0 Å². The van der Waals surface area contributed by atoms with Gasteiger partial charge in [0.15, 0.2) is 0 Å². The average Bonchev–Trinajstić information content (AvgIpc) is 2.48. The molecule has 0 spiro atoms. The lowest BCUT2D eigenvalue weighted by Crippen LogP contribution is -2.24. The molecule has 0 aromatic heterocycles. The predicted octanol–water partition coefficient (Wildman–Crippen LogP) is 5.69. The lowest BCUT2D eigenvalue weighted by atomic mass is 9.95. The Hall–Kier alpha value is -0.830. The number of halogens is 2. The third kappa shape index (κ3) is 4.84. The van der Waals surface area contributed by atoms with Gasteiger partial charge in [0.05, 0.1) is 0 Å². The molecule has 1 nitrogen and oxygen atoms in total. The summed E-state index contributed by atoms with van der Waals surface area (Å²) in [6.07, 6.45) is 2.10. The largest absolute Gasteiger partial charge is 0.310 e. The molecule has 1 atom stereocenters. The normalized spacial score (nSPS) is 12.4. The third-order valence-corrected chi connectivity index (χ3v) is 4.36. The van der Waals surface area contributed by atoms with E-state index in [2.05, 4.69) is 65.4 Å². The Morgan fingerprint density at radius 3 is 2.52 bits per heavy atom. The first kappa shape index (κ1) is 16.5. The minimum atomic E-state index is 0.323. The van der Waals surface area contributed by atoms with Crippen LogP contribution in [0.5, 0.6) is 0 Å². The van der Waals surface area contributed by atoms with Crippen LogP contribution in [0.15, 0.2) is 46.9 Å². The summed E-state index contributed by atoms with van der Waals surface area (Å²) < 4.78 is 1.13. The lowest BCUT2D eigenvalue weighted by molar-refractivity contribution is 0.527. The summed E-state index contributed by atoms with van der Waals surface area (Å²) in [5, 5.41) is 4.45. The van der Waals surface area contributed by atoms with Crippen molar-refractivity contribution in [1.82, 2.24) is 5.32 Å². The van der Waals surface area contributed by atoms with Gasteiger partial charge in [-0.3, -0.25) is 0 Å². The molecular weight excluding hydrogens is 346 g/mol. The van der Waals surface area contributed by atoms with Gasteiger partial charge in [0.25, 0.3) is 0 Å². The Bertz CT molecular complexity index is 580. The molecule has 2 aromatic rings. The van der Waals surface area contributed by atoms with Gasteiger partial charge in [0.1, 0.15) is 0 Å². The van der Waals surface area contributed by atoms with Gasteiger partial charge in [-0.05, 0) is 67.3 Å². The molecule has 1 N–H and O–H groups in total. The highest BCUT2D eigenvalue weighted by atomic mass is 79.9. The minimum absolute atomic E-state index is 0.323. The topological polar surface area (TPSA) is 12.0 Å². The molecule has 0 fully saturated rings. The summed E-state index contributed by atoms with van der Waals surface area (Å²) in [7, 11) is 0. The van der Waals surface area contributed by atoms with Crippen molar-refractivity contribution in [3.8, 4) is 0 Å². The van der Waals surface area contributed by atoms with E-state index in [1.165, 1.54) is 16.7 Å². The van der Waals surface area contributed by atoms with Crippen LogP contribution >= 0.6 is 27.5 Å². The maximum absolute atomic E-state index is 5.97. The van der Waals surface area contributed by atoms with Crippen molar-refractivity contribution in [2.75, 3.05) is 6.54 Å². The number of rotatable bonds is 6. The number of hydrogen-bond acceptors (Lipinski definition) is 1. The van der Waals surface area contributed by atoms with E-state index < -0.39 is 0 Å². The van der Waals surface area contributed by atoms with Crippen LogP contribution in [0.25, 0.3) is 0 Å². The van der Waals surface area contributed by atoms with Crippen molar-refractivity contribution in [3.63, 3.8) is 0 Å². The molecule has 2 aromatic carbocycles. The standard InChI is InChI=1S/C18H21BrClN/c1-3-10-21-18(11-14-5-8-16(20)9-6-14)17-12-15(19)7-4-13(17)2/h4-9,12,18,21H,3,10-11H2,1-2H3. The van der Waals surface area contributed by atoms with E-state index in [0.717, 1.165) is 28.9 Å². The molecule has 1 unspecified atom stereocenters. The highest BCUT2D eigenvalue weighted by molar-refractivity contribution is 9.10. The molecule has 21 heavy (non-hydrogen) atoms. The summed E-state index contributed by atoms with van der Waals surface area (Å²) in [5.74, 6) is 0. The van der Waals surface area contributed by atoms with E-state index in [9.17, 15) is 0 Å². The fourth-order valence-electron chi connectivity index (χ4n) is 2.45. The monoisotopic (exact) mass is 365 g/mol. The van der Waals surface area contributed by atoms with Gasteiger partial charge >= 0.3 is 0 Å². The quantitative estimate of drug-likeness (QED) is 0.692. The molecule has 3 heteroatoms. The Morgan fingerprint density at radius 1 is 1.14 bits per heavy atom. The predicted molar refractivity (Wildman–Crippen MR) is 95.1 cm³/mol. The second-order valence-electron chi connectivity index (χ2n) is 5.34. The number of nitrogens with one attached hydrogen (secondary N) is 1. The molecule has 0 bridgehead atoms. The van der Waals surface area contributed by atoms with E-state index >= 15 is 0 Å². The van der Waals surface area contributed by atoms with Gasteiger partial charge in [-0.2, -0.15) is 0 Å². The molecular formula is C18H21BrClN. The van der Waals surface area contributed by atoms with Crippen LogP contribution in [0.1, 0.15) is 36.1 Å². The molecule has 0 radical (unpaired) electrons. The maximum atomic E-state index is 5.97. The van der Waals surface area contributed by atoms with E-state index in [1.807, 2.05) is 12.1 Å². The van der Waals surface area contributed by atoms with Crippen LogP contribution < -0.4 is 5.32 Å². The van der Waals surface area contributed by atoms with Crippen LogP contribution in [-0.2, 0) is 6.42 Å². The van der Waals surface area contributed by atoms with Gasteiger partial charge < -0.3 is 5.32 Å². The van der Waals surface area contributed by atoms with Crippen LogP contribution in [-0.4, -0.2) is 6.54 Å². The van der Waals surface area contributed by atoms with Gasteiger partial charge in [-0.15, -0.1) is 0 Å². The molecule has 0 heterocycles. The van der Waals surface area contributed by atoms with Crippen molar-refractivity contribution < 1.29 is 0 Å². The van der Waals surface area contributed by atoms with Crippen molar-refractivity contribution >= 4 is 27.5 Å². The van der Waals surface area contributed by atoms with Crippen molar-refractivity contribution in [2.24, 2.45) is 0 Å². The minimum Gasteiger partial charge on any atom is -0.310 e. The molecule has 0 saturated carbocycles. The Kier molecular flexibility index (Phi) is 6.28. The van der Waals surface area contributed by atoms with Gasteiger partial charge in [-0.1, -0.05) is 52.7 Å². The number of aryl methyl sites for hydroxylation is 1. The Labute approximate surface area is 140 Å². The average molecular weight is 367 g/mol. The van der Waals surface area contributed by atoms with Crippen molar-refractivity contribution in [2.45, 2.75) is 32.7 Å². The highest BCUT2D eigenvalue weighted by Gasteiger charge is 2.14. The summed E-state index contributed by atoms with van der Waals surface area (Å²) in [4.78, 5) is 0. The molecule has 0 saturated heterocycles. The molecule has 0 aliphatic rings. The Morgan fingerprint density at radius 2 is 1.86 bits per heavy atom. The zero-order valence-corrected chi connectivity index (χ0v) is 14.8. The molecule has 0 aliphatic carbocycles. The molecule has 0 aliphatic heterocycles. The fraction of sp³-hybridized carbons (Fsp3) is 0.333. The van der Waals surface area contributed by atoms with Crippen molar-refractivity contribution in [3.05, 3.63) is 68.7 Å². The number of benzene rings is 2. The van der Waals surface area contributed by atoms with Gasteiger partial charge in [0, 0.05) is 15.5 Å². The zero-order chi connectivity index (χ0) is 15.2. The van der Waals surface area contributed by atoms with Crippen LogP contribution in [0.4, 0.5) is 0 Å². The van der Waals surface area contributed by atoms with Gasteiger partial charge in [-0.25, -0.2) is 0 Å².